The Morgan fingerprint density at radius 1 is 1.06 bits per heavy atom. The topological polar surface area (TPSA) is 49.4 Å². The molecule has 1 aliphatic carbocycles. The zero-order valence-electron chi connectivity index (χ0n) is 17.2. The number of carbonyl (C=O) groups excluding carboxylic acids is 2. The minimum Gasteiger partial charge on any atom is -0.351 e. The molecule has 1 fully saturated rings. The van der Waals surface area contributed by atoms with E-state index in [9.17, 15) is 27.2 Å². The van der Waals surface area contributed by atoms with Crippen LogP contribution in [0.3, 0.4) is 0 Å². The summed E-state index contributed by atoms with van der Waals surface area (Å²) in [6.45, 7) is 0. The van der Waals surface area contributed by atoms with Crippen LogP contribution in [0.5, 0.6) is 0 Å². The standard InChI is InChI=1S/C24H22F4N2O2/c1-2-21(31)30(18-12-8-9-16(15-18)24(26,27)28)22(19-13-6-7-14-20(19)25)23(32)29-17-10-4-3-5-11-17/h1,6-9,12-15,17,22H,3-5,10-11H2,(H,29,32). The summed E-state index contributed by atoms with van der Waals surface area (Å²) >= 11 is 0. The Morgan fingerprint density at radius 3 is 2.38 bits per heavy atom. The predicted octanol–water partition coefficient (Wildman–Crippen LogP) is 5.00. The van der Waals surface area contributed by atoms with E-state index < -0.39 is 35.4 Å². The Labute approximate surface area is 183 Å². The lowest BCUT2D eigenvalue weighted by atomic mass is 9.94. The molecule has 4 nitrogen and oxygen atoms in total. The molecule has 0 radical (unpaired) electrons. The van der Waals surface area contributed by atoms with Gasteiger partial charge in [0, 0.05) is 17.3 Å². The second-order valence-electron chi connectivity index (χ2n) is 7.64. The number of carbonyl (C=O) groups is 2. The maximum atomic E-state index is 14.7. The van der Waals surface area contributed by atoms with Crippen molar-refractivity contribution in [1.29, 1.82) is 0 Å². The van der Waals surface area contributed by atoms with Crippen LogP contribution >= 0.6 is 0 Å². The average Bonchev–Trinajstić information content (AvgIpc) is 2.77. The highest BCUT2D eigenvalue weighted by Gasteiger charge is 2.37. The Kier molecular flexibility index (Phi) is 7.18. The van der Waals surface area contributed by atoms with E-state index in [4.69, 9.17) is 6.42 Å². The van der Waals surface area contributed by atoms with Gasteiger partial charge in [-0.05, 0) is 43.0 Å². The van der Waals surface area contributed by atoms with Crippen LogP contribution < -0.4 is 10.2 Å². The van der Waals surface area contributed by atoms with Gasteiger partial charge in [0.1, 0.15) is 11.9 Å². The molecule has 0 aliphatic heterocycles. The van der Waals surface area contributed by atoms with Gasteiger partial charge < -0.3 is 5.32 Å². The molecule has 0 bridgehead atoms. The van der Waals surface area contributed by atoms with Crippen LogP contribution in [0.1, 0.15) is 49.3 Å². The fourth-order valence-electron chi connectivity index (χ4n) is 3.91. The van der Waals surface area contributed by atoms with E-state index in [2.05, 4.69) is 5.32 Å². The number of terminal acetylenes is 1. The van der Waals surface area contributed by atoms with E-state index >= 15 is 0 Å². The summed E-state index contributed by atoms with van der Waals surface area (Å²) in [5, 5.41) is 2.83. The van der Waals surface area contributed by atoms with E-state index in [0.717, 1.165) is 61.3 Å². The van der Waals surface area contributed by atoms with Crippen LogP contribution in [0, 0.1) is 18.2 Å². The predicted molar refractivity (Wildman–Crippen MR) is 112 cm³/mol. The molecule has 1 N–H and O–H groups in total. The number of nitrogens with one attached hydrogen (secondary N) is 1. The molecule has 168 valence electrons. The van der Waals surface area contributed by atoms with Crippen LogP contribution in [0.4, 0.5) is 23.2 Å². The lowest BCUT2D eigenvalue weighted by molar-refractivity contribution is -0.137. The molecule has 3 rings (SSSR count). The monoisotopic (exact) mass is 446 g/mol. The zero-order valence-corrected chi connectivity index (χ0v) is 17.2. The normalized spacial score (nSPS) is 15.5. The summed E-state index contributed by atoms with van der Waals surface area (Å²) in [6, 6.07) is 7.44. The quantitative estimate of drug-likeness (QED) is 0.519. The summed E-state index contributed by atoms with van der Waals surface area (Å²) in [5.74, 6) is -0.691. The van der Waals surface area contributed by atoms with Gasteiger partial charge in [-0.2, -0.15) is 13.2 Å². The first-order valence-electron chi connectivity index (χ1n) is 10.2. The van der Waals surface area contributed by atoms with Gasteiger partial charge in [0.05, 0.1) is 5.56 Å². The molecule has 1 atom stereocenters. The van der Waals surface area contributed by atoms with Gasteiger partial charge in [-0.3, -0.25) is 14.5 Å². The first kappa shape index (κ1) is 23.3. The van der Waals surface area contributed by atoms with E-state index in [0.29, 0.717) is 0 Å². The molecule has 0 spiro atoms. The van der Waals surface area contributed by atoms with Gasteiger partial charge in [-0.15, -0.1) is 6.42 Å². The summed E-state index contributed by atoms with van der Waals surface area (Å²) in [4.78, 5) is 26.8. The second-order valence-corrected chi connectivity index (χ2v) is 7.64. The fourth-order valence-corrected chi connectivity index (χ4v) is 3.91. The van der Waals surface area contributed by atoms with Gasteiger partial charge in [0.25, 0.3) is 0 Å². The average molecular weight is 446 g/mol. The Bertz CT molecular complexity index is 1020. The number of hydrogen-bond donors (Lipinski definition) is 1. The number of halogens is 4. The molecule has 1 aliphatic rings. The van der Waals surface area contributed by atoms with Crippen molar-refractivity contribution in [2.24, 2.45) is 0 Å². The molecule has 8 heteroatoms. The van der Waals surface area contributed by atoms with Crippen molar-refractivity contribution in [3.63, 3.8) is 0 Å². The van der Waals surface area contributed by atoms with Crippen molar-refractivity contribution in [2.45, 2.75) is 50.4 Å². The van der Waals surface area contributed by atoms with Crippen LogP contribution in [0.2, 0.25) is 0 Å². The minimum absolute atomic E-state index is 0.165. The molecule has 0 heterocycles. The highest BCUT2D eigenvalue weighted by molar-refractivity contribution is 6.09. The maximum absolute atomic E-state index is 14.7. The molecule has 2 aromatic carbocycles. The lowest BCUT2D eigenvalue weighted by Crippen LogP contribution is -2.47. The molecular formula is C24H22F4N2O2. The third kappa shape index (κ3) is 5.28. The summed E-state index contributed by atoms with van der Waals surface area (Å²) in [7, 11) is 0. The Morgan fingerprint density at radius 2 is 1.75 bits per heavy atom. The molecule has 0 aromatic heterocycles. The Balaban J connectivity index is 2.10. The van der Waals surface area contributed by atoms with E-state index in [1.165, 1.54) is 24.3 Å². The van der Waals surface area contributed by atoms with Crippen molar-refractivity contribution in [2.75, 3.05) is 4.90 Å². The minimum atomic E-state index is -4.68. The molecular weight excluding hydrogens is 424 g/mol. The van der Waals surface area contributed by atoms with Crippen molar-refractivity contribution in [3.8, 4) is 12.3 Å². The smallest absolute Gasteiger partial charge is 0.351 e. The fraction of sp³-hybridized carbons (Fsp3) is 0.333. The molecule has 0 saturated heterocycles. The van der Waals surface area contributed by atoms with E-state index in [1.54, 1.807) is 0 Å². The largest absolute Gasteiger partial charge is 0.416 e. The third-order valence-corrected chi connectivity index (χ3v) is 5.45. The van der Waals surface area contributed by atoms with Crippen LogP contribution in [0.25, 0.3) is 0 Å². The SMILES string of the molecule is C#CC(=O)N(c1cccc(C(F)(F)F)c1)C(C(=O)NC1CCCCC1)c1ccccc1F. The van der Waals surface area contributed by atoms with Crippen molar-refractivity contribution >= 4 is 17.5 Å². The van der Waals surface area contributed by atoms with E-state index in [-0.39, 0.29) is 17.3 Å². The van der Waals surface area contributed by atoms with Crippen LogP contribution in [0.15, 0.2) is 48.5 Å². The molecule has 32 heavy (non-hydrogen) atoms. The van der Waals surface area contributed by atoms with Crippen molar-refractivity contribution in [1.82, 2.24) is 5.32 Å². The van der Waals surface area contributed by atoms with Gasteiger partial charge in [-0.25, -0.2) is 4.39 Å². The van der Waals surface area contributed by atoms with E-state index in [1.807, 2.05) is 5.92 Å². The summed E-state index contributed by atoms with van der Waals surface area (Å²) < 4.78 is 54.6. The summed E-state index contributed by atoms with van der Waals surface area (Å²) in [5.41, 5.74) is -1.44. The van der Waals surface area contributed by atoms with Gasteiger partial charge in [-0.1, -0.05) is 43.5 Å². The second kappa shape index (κ2) is 9.86. The third-order valence-electron chi connectivity index (χ3n) is 5.45. The van der Waals surface area contributed by atoms with Gasteiger partial charge in [0.2, 0.25) is 5.91 Å². The van der Waals surface area contributed by atoms with Crippen LogP contribution in [-0.4, -0.2) is 17.9 Å². The lowest BCUT2D eigenvalue weighted by Gasteiger charge is -2.32. The summed E-state index contributed by atoms with van der Waals surface area (Å²) in [6.07, 6.45) is 4.91. The van der Waals surface area contributed by atoms with Crippen molar-refractivity contribution < 1.29 is 27.2 Å². The molecule has 1 saturated carbocycles. The first-order chi connectivity index (χ1) is 15.2. The maximum Gasteiger partial charge on any atom is 0.416 e. The number of amides is 2. The van der Waals surface area contributed by atoms with Gasteiger partial charge >= 0.3 is 12.1 Å². The Hall–Kier alpha value is -3.34. The highest BCUT2D eigenvalue weighted by atomic mass is 19.4. The number of anilines is 1. The molecule has 1 unspecified atom stereocenters. The number of alkyl halides is 3. The first-order valence-corrected chi connectivity index (χ1v) is 10.2. The molecule has 2 amide bonds. The van der Waals surface area contributed by atoms with Gasteiger partial charge in [0.15, 0.2) is 0 Å². The number of hydrogen-bond acceptors (Lipinski definition) is 2. The number of rotatable bonds is 5. The number of benzene rings is 2. The van der Waals surface area contributed by atoms with Crippen molar-refractivity contribution in [3.05, 3.63) is 65.5 Å². The van der Waals surface area contributed by atoms with Crippen LogP contribution in [-0.2, 0) is 15.8 Å². The molecule has 2 aromatic rings. The zero-order chi connectivity index (χ0) is 23.3. The number of nitrogens with zero attached hydrogens (tertiary/aromatic N) is 1. The highest BCUT2D eigenvalue weighted by Crippen LogP contribution is 2.35.